The third-order valence-electron chi connectivity index (χ3n) is 7.79. The molecule has 9 rings (SSSR count). The fourth-order valence-electron chi connectivity index (χ4n) is 5.93. The van der Waals surface area contributed by atoms with E-state index in [1.165, 1.54) is 11.1 Å². The number of imidazole rings is 2. The summed E-state index contributed by atoms with van der Waals surface area (Å²) in [6.45, 7) is 0. The van der Waals surface area contributed by atoms with Gasteiger partial charge in [0, 0.05) is 54.2 Å². The third kappa shape index (κ3) is 3.65. The molecule has 0 unspecified atom stereocenters. The number of benzene rings is 4. The molecule has 0 atom stereocenters. The van der Waals surface area contributed by atoms with Crippen molar-refractivity contribution in [3.8, 4) is 22.6 Å². The van der Waals surface area contributed by atoms with E-state index < -0.39 is 0 Å². The van der Waals surface area contributed by atoms with Crippen molar-refractivity contribution in [1.82, 2.24) is 23.8 Å². The first kappa shape index (κ1) is 24.7. The second kappa shape index (κ2) is 9.50. The topological polar surface area (TPSA) is 56.7 Å². The molecule has 0 aliphatic rings. The van der Waals surface area contributed by atoms with Crippen LogP contribution in [0.5, 0.6) is 11.5 Å². The van der Waals surface area contributed by atoms with E-state index in [-0.39, 0.29) is 21.1 Å². The van der Waals surface area contributed by atoms with E-state index in [4.69, 9.17) is 4.74 Å². The number of rotatable bonds is 3. The van der Waals surface area contributed by atoms with Crippen molar-refractivity contribution in [3.05, 3.63) is 128 Å². The van der Waals surface area contributed by atoms with Crippen LogP contribution in [0.2, 0.25) is 0 Å². The predicted molar refractivity (Wildman–Crippen MR) is 161 cm³/mol. The van der Waals surface area contributed by atoms with E-state index in [1.807, 2.05) is 59.7 Å². The van der Waals surface area contributed by atoms with Crippen LogP contribution in [0.4, 0.5) is 0 Å². The minimum atomic E-state index is 0. The molecule has 0 saturated heterocycles. The van der Waals surface area contributed by atoms with Crippen LogP contribution in [0.15, 0.2) is 116 Å². The second-order valence-corrected chi connectivity index (χ2v) is 10.1. The van der Waals surface area contributed by atoms with E-state index in [0.29, 0.717) is 11.5 Å². The van der Waals surface area contributed by atoms with Gasteiger partial charge in [-0.3, -0.25) is 15.0 Å². The van der Waals surface area contributed by atoms with Crippen molar-refractivity contribution in [2.24, 2.45) is 0 Å². The summed E-state index contributed by atoms with van der Waals surface area (Å²) in [5.41, 5.74) is 6.10. The molecule has 0 radical (unpaired) electrons. The standard InChI is InChI=1S/C35H19N5O.Pt/c1-2-4-22(5-3-1)23-6-11-32-29(18-23)27-10-8-25(20-31(27)34-37-14-16-39(32)34)41-24-7-9-26-28-12-13-36-21-33(28)40-17-15-38-35(40)30(26)19-24;/h1-18,21H;/q-2;+2. The Morgan fingerprint density at radius 3 is 1.95 bits per heavy atom. The Labute approximate surface area is 254 Å². The zero-order chi connectivity index (χ0) is 26.9. The van der Waals surface area contributed by atoms with E-state index in [9.17, 15) is 0 Å². The van der Waals surface area contributed by atoms with Gasteiger partial charge < -0.3 is 13.5 Å². The summed E-state index contributed by atoms with van der Waals surface area (Å²) >= 11 is 0. The fourth-order valence-corrected chi connectivity index (χ4v) is 5.93. The van der Waals surface area contributed by atoms with E-state index in [2.05, 4.69) is 86.1 Å². The Morgan fingerprint density at radius 2 is 1.24 bits per heavy atom. The van der Waals surface area contributed by atoms with Gasteiger partial charge in [0.25, 0.3) is 0 Å². The Hall–Kier alpha value is -5.06. The van der Waals surface area contributed by atoms with Gasteiger partial charge in [-0.1, -0.05) is 88.3 Å². The minimum Gasteiger partial charge on any atom is -0.497 e. The average molecular weight is 721 g/mol. The zero-order valence-electron chi connectivity index (χ0n) is 21.9. The van der Waals surface area contributed by atoms with Crippen LogP contribution in [0.1, 0.15) is 0 Å². The summed E-state index contributed by atoms with van der Waals surface area (Å²) < 4.78 is 10.5. The van der Waals surface area contributed by atoms with Crippen LogP contribution in [0, 0.1) is 12.1 Å². The molecule has 4 aromatic carbocycles. The molecule has 0 aliphatic heterocycles. The number of hydrogen-bond acceptors (Lipinski definition) is 4. The van der Waals surface area contributed by atoms with Crippen molar-refractivity contribution in [3.63, 3.8) is 0 Å². The normalized spacial score (nSPS) is 11.6. The van der Waals surface area contributed by atoms with Gasteiger partial charge in [0.2, 0.25) is 0 Å². The molecule has 5 heterocycles. The quantitative estimate of drug-likeness (QED) is 0.137. The summed E-state index contributed by atoms with van der Waals surface area (Å²) in [5.74, 6) is 1.19. The van der Waals surface area contributed by atoms with Crippen molar-refractivity contribution >= 4 is 54.6 Å². The number of fused-ring (bicyclic) bond motifs is 12. The molecule has 0 saturated carbocycles. The molecule has 42 heavy (non-hydrogen) atoms. The largest absolute Gasteiger partial charge is 2.00 e. The van der Waals surface area contributed by atoms with Crippen LogP contribution in [-0.4, -0.2) is 23.8 Å². The van der Waals surface area contributed by atoms with Crippen molar-refractivity contribution < 1.29 is 25.8 Å². The van der Waals surface area contributed by atoms with Crippen LogP contribution in [0.25, 0.3) is 65.8 Å². The van der Waals surface area contributed by atoms with Crippen LogP contribution in [-0.2, 0) is 21.1 Å². The first-order valence-electron chi connectivity index (χ1n) is 13.3. The van der Waals surface area contributed by atoms with Crippen molar-refractivity contribution in [2.45, 2.75) is 0 Å². The van der Waals surface area contributed by atoms with Gasteiger partial charge in [-0.25, -0.2) is 0 Å². The maximum absolute atomic E-state index is 6.37. The molecule has 7 heteroatoms. The van der Waals surface area contributed by atoms with Crippen LogP contribution < -0.4 is 4.74 Å². The average Bonchev–Trinajstić information content (AvgIpc) is 3.73. The number of nitrogens with zero attached hydrogens (tertiary/aromatic N) is 5. The maximum atomic E-state index is 6.37. The minimum absolute atomic E-state index is 0. The monoisotopic (exact) mass is 720 g/mol. The number of aromatic nitrogens is 5. The first-order valence-corrected chi connectivity index (χ1v) is 13.3. The summed E-state index contributed by atoms with van der Waals surface area (Å²) in [4.78, 5) is 13.6. The van der Waals surface area contributed by atoms with Gasteiger partial charge in [0.05, 0.1) is 16.8 Å². The third-order valence-corrected chi connectivity index (χ3v) is 7.79. The number of hydrogen-bond donors (Lipinski definition) is 0. The molecule has 5 aromatic heterocycles. The van der Waals surface area contributed by atoms with Crippen LogP contribution >= 0.6 is 0 Å². The molecule has 0 aliphatic carbocycles. The molecular formula is C35H19N5OPt. The Balaban J connectivity index is 0.00000267. The van der Waals surface area contributed by atoms with E-state index in [0.717, 1.165) is 54.6 Å². The van der Waals surface area contributed by atoms with Gasteiger partial charge in [-0.05, 0) is 34.0 Å². The Kier molecular flexibility index (Phi) is 5.59. The predicted octanol–water partition coefficient (Wildman–Crippen LogP) is 8.05. The molecule has 200 valence electrons. The van der Waals surface area contributed by atoms with Gasteiger partial charge in [-0.15, -0.1) is 12.1 Å². The fraction of sp³-hybridized carbons (Fsp3) is 0. The molecule has 0 bridgehead atoms. The van der Waals surface area contributed by atoms with Gasteiger partial charge in [0.15, 0.2) is 0 Å². The molecule has 6 nitrogen and oxygen atoms in total. The smallest absolute Gasteiger partial charge is 0.497 e. The maximum Gasteiger partial charge on any atom is 2.00 e. The molecular weight excluding hydrogens is 701 g/mol. The zero-order valence-corrected chi connectivity index (χ0v) is 24.2. The van der Waals surface area contributed by atoms with Crippen LogP contribution in [0.3, 0.4) is 0 Å². The molecule has 0 amide bonds. The Morgan fingerprint density at radius 1 is 0.571 bits per heavy atom. The van der Waals surface area contributed by atoms with E-state index >= 15 is 0 Å². The number of pyridine rings is 3. The van der Waals surface area contributed by atoms with Crippen molar-refractivity contribution in [1.29, 1.82) is 0 Å². The number of ether oxygens (including phenoxy) is 1. The Bertz CT molecular complexity index is 2460. The molecule has 0 spiro atoms. The van der Waals surface area contributed by atoms with E-state index in [1.54, 1.807) is 6.20 Å². The summed E-state index contributed by atoms with van der Waals surface area (Å²) in [5, 5.41) is 6.14. The summed E-state index contributed by atoms with van der Waals surface area (Å²) in [6, 6.07) is 34.1. The van der Waals surface area contributed by atoms with Gasteiger partial charge in [-0.2, -0.15) is 0 Å². The molecule has 0 N–H and O–H groups in total. The molecule has 9 aromatic rings. The van der Waals surface area contributed by atoms with Gasteiger partial charge in [0.1, 0.15) is 0 Å². The van der Waals surface area contributed by atoms with Crippen molar-refractivity contribution in [2.75, 3.05) is 0 Å². The summed E-state index contributed by atoms with van der Waals surface area (Å²) in [7, 11) is 0. The SMILES string of the molecule is [Pt+2].[c-]1c(Oc2[c-]c3c(cc2)c2ccncc2n2ccnc32)ccc2c1c1nccn1c1ccc(-c3ccccc3)cc21. The molecule has 0 fully saturated rings. The summed E-state index contributed by atoms with van der Waals surface area (Å²) in [6.07, 6.45) is 11.2. The second-order valence-electron chi connectivity index (χ2n) is 10.1. The first-order chi connectivity index (χ1) is 20.3. The van der Waals surface area contributed by atoms with Gasteiger partial charge >= 0.3 is 21.1 Å².